The van der Waals surface area contributed by atoms with Crippen molar-refractivity contribution in [3.05, 3.63) is 29.5 Å². The molecule has 2 heterocycles. The number of nitrogens with one attached hydrogen (secondary N) is 1. The van der Waals surface area contributed by atoms with Crippen LogP contribution in [0.3, 0.4) is 0 Å². The van der Waals surface area contributed by atoms with E-state index in [2.05, 4.69) is 10.4 Å². The topological polar surface area (TPSA) is 73.2 Å². The van der Waals surface area contributed by atoms with Crippen LogP contribution in [-0.2, 0) is 11.3 Å². The zero-order valence-electron chi connectivity index (χ0n) is 11.6. The van der Waals surface area contributed by atoms with E-state index in [0.29, 0.717) is 17.6 Å². The maximum atomic E-state index is 12.2. The summed E-state index contributed by atoms with van der Waals surface area (Å²) in [5.74, 6) is -0.126. The highest BCUT2D eigenvalue weighted by atomic mass is 16.6. The summed E-state index contributed by atoms with van der Waals surface area (Å²) in [5, 5.41) is 7.65. The molecule has 0 bridgehead atoms. The first kappa shape index (κ1) is 12.7. The van der Waals surface area contributed by atoms with Crippen LogP contribution in [-0.4, -0.2) is 27.4 Å². The van der Waals surface area contributed by atoms with Crippen molar-refractivity contribution in [2.45, 2.75) is 32.9 Å². The van der Waals surface area contributed by atoms with Gasteiger partial charge in [0.1, 0.15) is 5.60 Å². The lowest BCUT2D eigenvalue weighted by Gasteiger charge is -2.19. The SMILES string of the molecule is CC(C)(C)OC(=O)n1ncc2ccc3c(c21)CNC3=O. The minimum Gasteiger partial charge on any atom is -0.442 e. The first-order chi connectivity index (χ1) is 9.37. The minimum atomic E-state index is -0.596. The Morgan fingerprint density at radius 2 is 2.15 bits per heavy atom. The molecular weight excluding hydrogens is 258 g/mol. The molecule has 0 saturated heterocycles. The standard InChI is InChI=1S/C14H15N3O3/c1-14(2,3)20-13(19)17-11-8(6-16-17)4-5-9-10(11)7-15-12(9)18/h4-6H,7H2,1-3H3,(H,15,18). The van der Waals surface area contributed by atoms with E-state index in [9.17, 15) is 9.59 Å². The molecule has 1 aliphatic heterocycles. The molecule has 1 N–H and O–H groups in total. The number of hydrogen-bond donors (Lipinski definition) is 1. The third-order valence-electron chi connectivity index (χ3n) is 3.07. The number of hydrogen-bond acceptors (Lipinski definition) is 4. The third kappa shape index (κ3) is 1.93. The van der Waals surface area contributed by atoms with Crippen molar-refractivity contribution in [3.8, 4) is 0 Å². The predicted molar refractivity (Wildman–Crippen MR) is 72.5 cm³/mol. The van der Waals surface area contributed by atoms with E-state index >= 15 is 0 Å². The average Bonchev–Trinajstić information content (AvgIpc) is 2.90. The van der Waals surface area contributed by atoms with Crippen LogP contribution in [0.15, 0.2) is 18.3 Å². The normalized spacial score (nSPS) is 14.2. The first-order valence-electron chi connectivity index (χ1n) is 6.38. The summed E-state index contributed by atoms with van der Waals surface area (Å²) in [6.45, 7) is 5.80. The molecule has 104 valence electrons. The molecule has 2 aromatic rings. The zero-order chi connectivity index (χ0) is 14.5. The largest absolute Gasteiger partial charge is 0.442 e. The lowest BCUT2D eigenvalue weighted by Crippen LogP contribution is -2.27. The Kier molecular flexibility index (Phi) is 2.57. The Balaban J connectivity index is 2.14. The highest BCUT2D eigenvalue weighted by Gasteiger charge is 2.26. The van der Waals surface area contributed by atoms with E-state index in [0.717, 1.165) is 10.9 Å². The van der Waals surface area contributed by atoms with Gasteiger partial charge in [-0.1, -0.05) is 6.07 Å². The maximum absolute atomic E-state index is 12.2. The summed E-state index contributed by atoms with van der Waals surface area (Å²) in [7, 11) is 0. The number of fused-ring (bicyclic) bond motifs is 3. The molecule has 1 amide bonds. The van der Waals surface area contributed by atoms with Gasteiger partial charge in [0.25, 0.3) is 5.91 Å². The Morgan fingerprint density at radius 1 is 1.40 bits per heavy atom. The second-order valence-electron chi connectivity index (χ2n) is 5.75. The average molecular weight is 273 g/mol. The van der Waals surface area contributed by atoms with Gasteiger partial charge < -0.3 is 10.1 Å². The van der Waals surface area contributed by atoms with Crippen molar-refractivity contribution in [2.75, 3.05) is 0 Å². The van der Waals surface area contributed by atoms with Gasteiger partial charge in [0.15, 0.2) is 0 Å². The summed E-state index contributed by atoms with van der Waals surface area (Å²) in [5.41, 5.74) is 1.41. The third-order valence-corrected chi connectivity index (χ3v) is 3.07. The Hall–Kier alpha value is -2.37. The van der Waals surface area contributed by atoms with Crippen molar-refractivity contribution in [2.24, 2.45) is 0 Å². The minimum absolute atomic E-state index is 0.126. The van der Waals surface area contributed by atoms with Crippen molar-refractivity contribution < 1.29 is 14.3 Å². The highest BCUT2D eigenvalue weighted by molar-refractivity contribution is 6.04. The summed E-state index contributed by atoms with van der Waals surface area (Å²) in [4.78, 5) is 23.9. The molecule has 0 radical (unpaired) electrons. The maximum Gasteiger partial charge on any atom is 0.435 e. The molecule has 1 aromatic carbocycles. The lowest BCUT2D eigenvalue weighted by atomic mass is 10.1. The van der Waals surface area contributed by atoms with Crippen LogP contribution < -0.4 is 5.32 Å². The van der Waals surface area contributed by atoms with Crippen LogP contribution in [0.2, 0.25) is 0 Å². The Bertz CT molecular complexity index is 725. The predicted octanol–water partition coefficient (Wildman–Crippen LogP) is 2.06. The molecule has 1 aromatic heterocycles. The quantitative estimate of drug-likeness (QED) is 0.797. The van der Waals surface area contributed by atoms with Crippen LogP contribution in [0, 0.1) is 0 Å². The number of nitrogens with zero attached hydrogens (tertiary/aromatic N) is 2. The second-order valence-corrected chi connectivity index (χ2v) is 5.75. The molecule has 6 heteroatoms. The fourth-order valence-corrected chi connectivity index (χ4v) is 2.29. The molecule has 6 nitrogen and oxygen atoms in total. The highest BCUT2D eigenvalue weighted by Crippen LogP contribution is 2.26. The molecule has 0 saturated carbocycles. The van der Waals surface area contributed by atoms with Gasteiger partial charge in [-0.3, -0.25) is 4.79 Å². The molecule has 3 rings (SSSR count). The van der Waals surface area contributed by atoms with Gasteiger partial charge in [-0.15, -0.1) is 0 Å². The van der Waals surface area contributed by atoms with Crippen LogP contribution in [0.5, 0.6) is 0 Å². The van der Waals surface area contributed by atoms with E-state index in [1.54, 1.807) is 39.1 Å². The summed E-state index contributed by atoms with van der Waals surface area (Å²) in [6.07, 6.45) is 1.06. The number of amides is 1. The van der Waals surface area contributed by atoms with Crippen molar-refractivity contribution in [1.82, 2.24) is 15.1 Å². The summed E-state index contributed by atoms with van der Waals surface area (Å²) < 4.78 is 6.55. The molecule has 1 aliphatic rings. The Morgan fingerprint density at radius 3 is 2.85 bits per heavy atom. The van der Waals surface area contributed by atoms with Gasteiger partial charge in [-0.05, 0) is 26.8 Å². The fraction of sp³-hybridized carbons (Fsp3) is 0.357. The molecule has 0 unspecified atom stereocenters. The summed E-state index contributed by atoms with van der Waals surface area (Å²) >= 11 is 0. The zero-order valence-corrected chi connectivity index (χ0v) is 11.6. The molecular formula is C14H15N3O3. The Labute approximate surface area is 115 Å². The van der Waals surface area contributed by atoms with Gasteiger partial charge in [0.05, 0.1) is 11.7 Å². The van der Waals surface area contributed by atoms with E-state index in [1.165, 1.54) is 4.68 Å². The molecule has 0 fully saturated rings. The monoisotopic (exact) mass is 273 g/mol. The van der Waals surface area contributed by atoms with Crippen molar-refractivity contribution in [1.29, 1.82) is 0 Å². The molecule has 0 atom stereocenters. The van der Waals surface area contributed by atoms with Crippen molar-refractivity contribution in [3.63, 3.8) is 0 Å². The lowest BCUT2D eigenvalue weighted by molar-refractivity contribution is 0.0522. The van der Waals surface area contributed by atoms with E-state index in [1.807, 2.05) is 0 Å². The smallest absolute Gasteiger partial charge is 0.435 e. The van der Waals surface area contributed by atoms with Gasteiger partial charge >= 0.3 is 6.09 Å². The second kappa shape index (κ2) is 4.06. The summed E-state index contributed by atoms with van der Waals surface area (Å²) in [6, 6.07) is 3.54. The molecule has 0 aliphatic carbocycles. The number of ether oxygens (including phenoxy) is 1. The van der Waals surface area contributed by atoms with Crippen LogP contribution in [0.4, 0.5) is 4.79 Å². The number of rotatable bonds is 0. The van der Waals surface area contributed by atoms with Gasteiger partial charge in [0.2, 0.25) is 0 Å². The van der Waals surface area contributed by atoms with E-state index < -0.39 is 11.7 Å². The molecule has 0 spiro atoms. The van der Waals surface area contributed by atoms with E-state index in [-0.39, 0.29) is 5.91 Å². The first-order valence-corrected chi connectivity index (χ1v) is 6.38. The van der Waals surface area contributed by atoms with Crippen LogP contribution >= 0.6 is 0 Å². The number of carbonyl (C=O) groups excluding carboxylic acids is 2. The van der Waals surface area contributed by atoms with E-state index in [4.69, 9.17) is 4.74 Å². The van der Waals surface area contributed by atoms with Gasteiger partial charge in [-0.2, -0.15) is 9.78 Å². The van der Waals surface area contributed by atoms with Crippen LogP contribution in [0.25, 0.3) is 10.9 Å². The van der Waals surface area contributed by atoms with Crippen molar-refractivity contribution >= 4 is 22.9 Å². The van der Waals surface area contributed by atoms with Gasteiger partial charge in [0, 0.05) is 23.1 Å². The molecule has 20 heavy (non-hydrogen) atoms. The van der Waals surface area contributed by atoms with Gasteiger partial charge in [-0.25, -0.2) is 4.79 Å². The number of carbonyl (C=O) groups is 2. The van der Waals surface area contributed by atoms with Crippen LogP contribution in [0.1, 0.15) is 36.7 Å². The fourth-order valence-electron chi connectivity index (χ4n) is 2.29. The number of benzene rings is 1. The number of aromatic nitrogens is 2.